The van der Waals surface area contributed by atoms with Gasteiger partial charge in [0.05, 0.1) is 11.4 Å². The highest BCUT2D eigenvalue weighted by Crippen LogP contribution is 2.38. The van der Waals surface area contributed by atoms with Crippen LogP contribution in [0.4, 0.5) is 17.1 Å². The molecular weight excluding hydrogens is 262 g/mol. The molecule has 1 fully saturated rings. The van der Waals surface area contributed by atoms with E-state index in [1.165, 1.54) is 0 Å². The quantitative estimate of drug-likeness (QED) is 0.810. The molecule has 0 bridgehead atoms. The number of amides is 1. The Morgan fingerprint density at radius 2 is 1.57 bits per heavy atom. The monoisotopic (exact) mass is 279 g/mol. The standard InChI is InChI=1S/C17H17N3O/c1-12-11-16(12)17(21)18-13-7-9-15(10-8-13)20-19-14-5-3-2-4-6-14/h2-10,12,16H,11H2,1H3,(H,18,21)/t12-,16-/m0/s1. The fourth-order valence-electron chi connectivity index (χ4n) is 2.14. The molecule has 0 heterocycles. The molecule has 0 radical (unpaired) electrons. The van der Waals surface area contributed by atoms with Gasteiger partial charge in [-0.2, -0.15) is 10.2 Å². The molecule has 2 aromatic carbocycles. The highest BCUT2D eigenvalue weighted by molar-refractivity contribution is 5.94. The van der Waals surface area contributed by atoms with Gasteiger partial charge in [-0.25, -0.2) is 0 Å². The van der Waals surface area contributed by atoms with Gasteiger partial charge >= 0.3 is 0 Å². The van der Waals surface area contributed by atoms with Crippen LogP contribution in [-0.2, 0) is 4.79 Å². The number of anilines is 1. The summed E-state index contributed by atoms with van der Waals surface area (Å²) in [5, 5.41) is 11.2. The fourth-order valence-corrected chi connectivity index (χ4v) is 2.14. The number of carbonyl (C=O) groups excluding carboxylic acids is 1. The van der Waals surface area contributed by atoms with Crippen molar-refractivity contribution in [2.24, 2.45) is 22.1 Å². The minimum absolute atomic E-state index is 0.112. The van der Waals surface area contributed by atoms with E-state index in [0.29, 0.717) is 5.92 Å². The second kappa shape index (κ2) is 5.87. The van der Waals surface area contributed by atoms with Gasteiger partial charge in [-0.05, 0) is 48.7 Å². The van der Waals surface area contributed by atoms with Gasteiger partial charge in [0, 0.05) is 11.6 Å². The van der Waals surface area contributed by atoms with Gasteiger partial charge in [-0.15, -0.1) is 0 Å². The molecule has 4 heteroatoms. The SMILES string of the molecule is C[C@H]1C[C@@H]1C(=O)Nc1ccc(N=Nc2ccccc2)cc1. The Bertz CT molecular complexity index is 649. The Labute approximate surface area is 123 Å². The van der Waals surface area contributed by atoms with Gasteiger partial charge < -0.3 is 5.32 Å². The molecule has 3 rings (SSSR count). The van der Waals surface area contributed by atoms with Crippen molar-refractivity contribution in [3.63, 3.8) is 0 Å². The third-order valence-electron chi connectivity index (χ3n) is 3.62. The summed E-state index contributed by atoms with van der Waals surface area (Å²) >= 11 is 0. The average Bonchev–Trinajstić information content (AvgIpc) is 3.25. The molecule has 4 nitrogen and oxygen atoms in total. The third kappa shape index (κ3) is 3.54. The molecule has 0 spiro atoms. The molecule has 2 aromatic rings. The number of azo groups is 1. The molecule has 21 heavy (non-hydrogen) atoms. The van der Waals surface area contributed by atoms with Crippen molar-refractivity contribution in [1.82, 2.24) is 0 Å². The summed E-state index contributed by atoms with van der Waals surface area (Å²) in [6, 6.07) is 17.0. The van der Waals surface area contributed by atoms with Gasteiger partial charge in [0.2, 0.25) is 5.91 Å². The van der Waals surface area contributed by atoms with Gasteiger partial charge in [-0.1, -0.05) is 25.1 Å². The van der Waals surface area contributed by atoms with Crippen LogP contribution >= 0.6 is 0 Å². The number of rotatable bonds is 4. The minimum atomic E-state index is 0.112. The number of nitrogens with one attached hydrogen (secondary N) is 1. The van der Waals surface area contributed by atoms with Crippen LogP contribution in [0, 0.1) is 11.8 Å². The molecule has 0 aromatic heterocycles. The van der Waals surface area contributed by atoms with E-state index in [-0.39, 0.29) is 11.8 Å². The molecular formula is C17H17N3O. The Balaban J connectivity index is 1.61. The molecule has 1 saturated carbocycles. The summed E-state index contributed by atoms with van der Waals surface area (Å²) in [4.78, 5) is 11.8. The van der Waals surface area contributed by atoms with Crippen molar-refractivity contribution in [1.29, 1.82) is 0 Å². The van der Waals surface area contributed by atoms with E-state index < -0.39 is 0 Å². The van der Waals surface area contributed by atoms with Crippen LogP contribution in [0.1, 0.15) is 13.3 Å². The second-order valence-corrected chi connectivity index (χ2v) is 5.39. The van der Waals surface area contributed by atoms with E-state index in [1.54, 1.807) is 0 Å². The van der Waals surface area contributed by atoms with Crippen LogP contribution in [0.2, 0.25) is 0 Å². The number of nitrogens with zero attached hydrogens (tertiary/aromatic N) is 2. The topological polar surface area (TPSA) is 53.8 Å². The molecule has 2 atom stereocenters. The first-order valence-electron chi connectivity index (χ1n) is 7.10. The number of carbonyl (C=O) groups is 1. The minimum Gasteiger partial charge on any atom is -0.326 e. The average molecular weight is 279 g/mol. The van der Waals surface area contributed by atoms with Crippen molar-refractivity contribution >= 4 is 23.0 Å². The molecule has 0 aliphatic heterocycles. The van der Waals surface area contributed by atoms with Gasteiger partial charge in [0.1, 0.15) is 0 Å². The van der Waals surface area contributed by atoms with E-state index in [9.17, 15) is 4.79 Å². The van der Waals surface area contributed by atoms with E-state index >= 15 is 0 Å². The van der Waals surface area contributed by atoms with Gasteiger partial charge in [-0.3, -0.25) is 4.79 Å². The van der Waals surface area contributed by atoms with E-state index in [4.69, 9.17) is 0 Å². The smallest absolute Gasteiger partial charge is 0.227 e. The summed E-state index contributed by atoms with van der Waals surface area (Å²) in [5.41, 5.74) is 2.38. The zero-order chi connectivity index (χ0) is 14.7. The van der Waals surface area contributed by atoms with Crippen LogP contribution in [0.5, 0.6) is 0 Å². The number of benzene rings is 2. The summed E-state index contributed by atoms with van der Waals surface area (Å²) in [5.74, 6) is 0.813. The Morgan fingerprint density at radius 1 is 1.00 bits per heavy atom. The maximum Gasteiger partial charge on any atom is 0.227 e. The second-order valence-electron chi connectivity index (χ2n) is 5.39. The molecule has 1 aliphatic rings. The van der Waals surface area contributed by atoms with Crippen molar-refractivity contribution in [3.05, 3.63) is 54.6 Å². The van der Waals surface area contributed by atoms with Crippen LogP contribution in [-0.4, -0.2) is 5.91 Å². The normalized spacial score (nSPS) is 20.4. The molecule has 1 aliphatic carbocycles. The fraction of sp³-hybridized carbons (Fsp3) is 0.235. The first-order valence-corrected chi connectivity index (χ1v) is 7.10. The molecule has 0 saturated heterocycles. The predicted molar refractivity (Wildman–Crippen MR) is 83.0 cm³/mol. The van der Waals surface area contributed by atoms with E-state index in [2.05, 4.69) is 22.5 Å². The van der Waals surface area contributed by atoms with Crippen LogP contribution in [0.3, 0.4) is 0 Å². The summed E-state index contributed by atoms with van der Waals surface area (Å²) in [6.45, 7) is 2.09. The Hall–Kier alpha value is -2.49. The molecule has 1 amide bonds. The van der Waals surface area contributed by atoms with Gasteiger partial charge in [0.25, 0.3) is 0 Å². The van der Waals surface area contributed by atoms with Gasteiger partial charge in [0.15, 0.2) is 0 Å². The van der Waals surface area contributed by atoms with E-state index in [0.717, 1.165) is 23.5 Å². The van der Waals surface area contributed by atoms with Crippen LogP contribution in [0.25, 0.3) is 0 Å². The van der Waals surface area contributed by atoms with Crippen molar-refractivity contribution in [3.8, 4) is 0 Å². The first kappa shape index (κ1) is 13.5. The lowest BCUT2D eigenvalue weighted by Crippen LogP contribution is -2.14. The lowest BCUT2D eigenvalue weighted by molar-refractivity contribution is -0.117. The summed E-state index contributed by atoms with van der Waals surface area (Å²) < 4.78 is 0. The summed E-state index contributed by atoms with van der Waals surface area (Å²) in [7, 11) is 0. The highest BCUT2D eigenvalue weighted by atomic mass is 16.2. The van der Waals surface area contributed by atoms with Crippen molar-refractivity contribution < 1.29 is 4.79 Å². The predicted octanol–water partition coefficient (Wildman–Crippen LogP) is 4.70. The Kier molecular flexibility index (Phi) is 3.77. The zero-order valence-corrected chi connectivity index (χ0v) is 11.9. The maximum absolute atomic E-state index is 11.8. The lowest BCUT2D eigenvalue weighted by Gasteiger charge is -2.04. The molecule has 1 N–H and O–H groups in total. The number of hydrogen-bond acceptors (Lipinski definition) is 3. The first-order chi connectivity index (χ1) is 10.2. The summed E-state index contributed by atoms with van der Waals surface area (Å²) in [6.07, 6.45) is 0.995. The highest BCUT2D eigenvalue weighted by Gasteiger charge is 2.38. The van der Waals surface area contributed by atoms with Crippen LogP contribution in [0.15, 0.2) is 64.8 Å². The van der Waals surface area contributed by atoms with Crippen LogP contribution < -0.4 is 5.32 Å². The lowest BCUT2D eigenvalue weighted by atomic mass is 10.2. The van der Waals surface area contributed by atoms with Crippen molar-refractivity contribution in [2.75, 3.05) is 5.32 Å². The maximum atomic E-state index is 11.8. The van der Waals surface area contributed by atoms with E-state index in [1.807, 2.05) is 54.6 Å². The molecule has 0 unspecified atom stereocenters. The zero-order valence-electron chi connectivity index (χ0n) is 11.9. The molecule has 106 valence electrons. The third-order valence-corrected chi connectivity index (χ3v) is 3.62. The Morgan fingerprint density at radius 3 is 2.14 bits per heavy atom. The number of hydrogen-bond donors (Lipinski definition) is 1. The van der Waals surface area contributed by atoms with Crippen molar-refractivity contribution in [2.45, 2.75) is 13.3 Å². The largest absolute Gasteiger partial charge is 0.326 e.